The van der Waals surface area contributed by atoms with Crippen molar-refractivity contribution in [3.05, 3.63) is 22.8 Å². The first-order valence-corrected chi connectivity index (χ1v) is 7.18. The maximum Gasteiger partial charge on any atom is 1.00 e. The Hall–Kier alpha value is 0.0564. The van der Waals surface area contributed by atoms with Crippen molar-refractivity contribution in [3.63, 3.8) is 0 Å². The fourth-order valence-electron chi connectivity index (χ4n) is 2.79. The first-order chi connectivity index (χ1) is 9.31. The predicted octanol–water partition coefficient (Wildman–Crippen LogP) is -0.194. The van der Waals surface area contributed by atoms with Crippen molar-refractivity contribution in [2.24, 2.45) is 11.8 Å². The normalized spacial score (nSPS) is 22.4. The van der Waals surface area contributed by atoms with E-state index in [2.05, 4.69) is 23.8 Å². The van der Waals surface area contributed by atoms with Gasteiger partial charge in [-0.3, -0.25) is 19.6 Å². The van der Waals surface area contributed by atoms with E-state index >= 15 is 0 Å². The molecule has 2 rings (SSSR count). The van der Waals surface area contributed by atoms with Gasteiger partial charge in [-0.15, -0.1) is 0 Å². The topological polar surface area (TPSA) is 59.9 Å². The van der Waals surface area contributed by atoms with E-state index in [0.717, 1.165) is 11.4 Å². The molecule has 1 aromatic heterocycles. The Bertz CT molecular complexity index is 558. The van der Waals surface area contributed by atoms with Gasteiger partial charge in [0.2, 0.25) is 0 Å². The number of ketones is 2. The largest absolute Gasteiger partial charge is 1.00 e. The molecule has 1 aromatic rings. The molecule has 0 spiro atoms. The standard InChI is InChI=1S/C16H22N2O2.K.H/c1-8(2)12-6-13(19)15(14(20)7-12)16-11(5)17-9(3)10(4)18-16;;/h8,12,15H,6-7H2,1-5H3;;/q;+1;-1. The summed E-state index contributed by atoms with van der Waals surface area (Å²) in [5, 5.41) is 0. The quantitative estimate of drug-likeness (QED) is 0.561. The Balaban J connectivity index is 0.00000220. The summed E-state index contributed by atoms with van der Waals surface area (Å²) >= 11 is 0. The molecule has 1 fully saturated rings. The van der Waals surface area contributed by atoms with Gasteiger partial charge in [-0.05, 0) is 32.6 Å². The van der Waals surface area contributed by atoms with E-state index in [-0.39, 0.29) is 70.3 Å². The third-order valence-corrected chi connectivity index (χ3v) is 4.30. The van der Waals surface area contributed by atoms with E-state index in [0.29, 0.717) is 30.1 Å². The van der Waals surface area contributed by atoms with Gasteiger partial charge in [-0.2, -0.15) is 0 Å². The van der Waals surface area contributed by atoms with Crippen molar-refractivity contribution < 1.29 is 62.4 Å². The van der Waals surface area contributed by atoms with Gasteiger partial charge in [-0.1, -0.05) is 13.8 Å². The van der Waals surface area contributed by atoms with Crippen LogP contribution in [0.1, 0.15) is 56.8 Å². The van der Waals surface area contributed by atoms with Crippen molar-refractivity contribution in [3.8, 4) is 0 Å². The SMILES string of the molecule is Cc1nc(C)c(C2C(=O)CC(C(C)C)CC2=O)nc1C.[H-].[K+]. The van der Waals surface area contributed by atoms with Gasteiger partial charge in [0.25, 0.3) is 0 Å². The molecule has 110 valence electrons. The Labute approximate surface area is 170 Å². The van der Waals surface area contributed by atoms with Crippen LogP contribution in [0.3, 0.4) is 0 Å². The van der Waals surface area contributed by atoms with Crippen molar-refractivity contribution in [1.29, 1.82) is 0 Å². The van der Waals surface area contributed by atoms with Crippen LogP contribution >= 0.6 is 0 Å². The summed E-state index contributed by atoms with van der Waals surface area (Å²) in [6.07, 6.45) is 0.949. The van der Waals surface area contributed by atoms with E-state index in [1.54, 1.807) is 0 Å². The van der Waals surface area contributed by atoms with Crippen LogP contribution in [0.2, 0.25) is 0 Å². The van der Waals surface area contributed by atoms with Crippen LogP contribution in [0.4, 0.5) is 0 Å². The molecular weight excluding hydrogens is 291 g/mol. The van der Waals surface area contributed by atoms with Crippen LogP contribution in [0.15, 0.2) is 0 Å². The number of nitrogens with zero attached hydrogens (tertiary/aromatic N) is 2. The molecule has 0 amide bonds. The molecule has 0 saturated heterocycles. The number of carbonyl (C=O) groups is 2. The molecule has 0 unspecified atom stereocenters. The van der Waals surface area contributed by atoms with Crippen LogP contribution in [-0.2, 0) is 9.59 Å². The molecule has 0 N–H and O–H groups in total. The summed E-state index contributed by atoms with van der Waals surface area (Å²) in [4.78, 5) is 33.6. The molecule has 21 heavy (non-hydrogen) atoms. The molecule has 1 saturated carbocycles. The number of aryl methyl sites for hydroxylation is 3. The molecule has 5 heteroatoms. The fraction of sp³-hybridized carbons (Fsp3) is 0.625. The van der Waals surface area contributed by atoms with Gasteiger partial charge in [0.1, 0.15) is 17.5 Å². The number of Topliss-reactive ketones (excluding diaryl/α,β-unsaturated/α-hetero) is 2. The molecule has 4 nitrogen and oxygen atoms in total. The summed E-state index contributed by atoms with van der Waals surface area (Å²) in [7, 11) is 0. The Morgan fingerprint density at radius 3 is 1.90 bits per heavy atom. The summed E-state index contributed by atoms with van der Waals surface area (Å²) in [6.45, 7) is 9.70. The minimum atomic E-state index is -0.697. The van der Waals surface area contributed by atoms with Crippen LogP contribution < -0.4 is 51.4 Å². The molecular formula is C16H23KN2O2. The summed E-state index contributed by atoms with van der Waals surface area (Å²) in [5.74, 6) is -0.167. The monoisotopic (exact) mass is 314 g/mol. The maximum atomic E-state index is 12.4. The van der Waals surface area contributed by atoms with Gasteiger partial charge in [-0.25, -0.2) is 0 Å². The zero-order chi connectivity index (χ0) is 15.0. The maximum absolute atomic E-state index is 12.4. The van der Waals surface area contributed by atoms with Gasteiger partial charge in [0.05, 0.1) is 22.8 Å². The molecule has 1 heterocycles. The number of hydrogen-bond acceptors (Lipinski definition) is 4. The van der Waals surface area contributed by atoms with Gasteiger partial charge in [0.15, 0.2) is 0 Å². The zero-order valence-electron chi connectivity index (χ0n) is 14.9. The number of aromatic nitrogens is 2. The average Bonchev–Trinajstić information content (AvgIpc) is 2.34. The van der Waals surface area contributed by atoms with Gasteiger partial charge in [0, 0.05) is 12.8 Å². The minimum absolute atomic E-state index is 0. The average molecular weight is 314 g/mol. The third kappa shape index (κ3) is 4.08. The number of rotatable bonds is 2. The number of carbonyl (C=O) groups excluding carboxylic acids is 2. The molecule has 1 aliphatic carbocycles. The van der Waals surface area contributed by atoms with Crippen LogP contribution in [0.5, 0.6) is 0 Å². The second-order valence-corrected chi connectivity index (χ2v) is 6.14. The molecule has 0 aromatic carbocycles. The van der Waals surface area contributed by atoms with Crippen molar-refractivity contribution in [1.82, 2.24) is 9.97 Å². The van der Waals surface area contributed by atoms with Crippen molar-refractivity contribution in [2.45, 2.75) is 53.4 Å². The minimum Gasteiger partial charge on any atom is -1.00 e. The summed E-state index contributed by atoms with van der Waals surface area (Å²) in [6, 6.07) is 0. The van der Waals surface area contributed by atoms with Crippen LogP contribution in [0.25, 0.3) is 0 Å². The predicted molar refractivity (Wildman–Crippen MR) is 77.7 cm³/mol. The Morgan fingerprint density at radius 1 is 0.952 bits per heavy atom. The molecule has 1 aliphatic rings. The first-order valence-electron chi connectivity index (χ1n) is 7.18. The van der Waals surface area contributed by atoms with E-state index in [1.165, 1.54) is 0 Å². The van der Waals surface area contributed by atoms with E-state index in [4.69, 9.17) is 0 Å². The van der Waals surface area contributed by atoms with E-state index < -0.39 is 5.92 Å². The van der Waals surface area contributed by atoms with Gasteiger partial charge < -0.3 is 1.43 Å². The Morgan fingerprint density at radius 2 is 1.43 bits per heavy atom. The van der Waals surface area contributed by atoms with Crippen molar-refractivity contribution in [2.75, 3.05) is 0 Å². The second kappa shape index (κ2) is 7.55. The smallest absolute Gasteiger partial charge is 1.00 e. The molecule has 0 atom stereocenters. The van der Waals surface area contributed by atoms with E-state index in [9.17, 15) is 9.59 Å². The molecule has 0 radical (unpaired) electrons. The molecule has 0 aliphatic heterocycles. The van der Waals surface area contributed by atoms with Crippen LogP contribution in [-0.4, -0.2) is 21.5 Å². The fourth-order valence-corrected chi connectivity index (χ4v) is 2.79. The Kier molecular flexibility index (Phi) is 6.87. The third-order valence-electron chi connectivity index (χ3n) is 4.30. The second-order valence-electron chi connectivity index (χ2n) is 6.14. The number of hydrogen-bond donors (Lipinski definition) is 0. The van der Waals surface area contributed by atoms with Crippen molar-refractivity contribution >= 4 is 11.6 Å². The van der Waals surface area contributed by atoms with E-state index in [1.807, 2.05) is 20.8 Å². The summed E-state index contributed by atoms with van der Waals surface area (Å²) in [5.41, 5.74) is 2.90. The van der Waals surface area contributed by atoms with Crippen LogP contribution in [0, 0.1) is 32.6 Å². The first kappa shape index (κ1) is 19.1. The van der Waals surface area contributed by atoms with Gasteiger partial charge >= 0.3 is 51.4 Å². The summed E-state index contributed by atoms with van der Waals surface area (Å²) < 4.78 is 0. The molecule has 0 bridgehead atoms. The zero-order valence-corrected chi connectivity index (χ0v) is 17.0.